The monoisotopic (exact) mass is 226 g/mol. The highest BCUT2D eigenvalue weighted by molar-refractivity contribution is 6.29. The van der Waals surface area contributed by atoms with Gasteiger partial charge in [0.25, 0.3) is 5.91 Å². The van der Waals surface area contributed by atoms with Crippen molar-refractivity contribution in [2.45, 2.75) is 26.3 Å². The van der Waals surface area contributed by atoms with E-state index in [0.717, 1.165) is 6.42 Å². The van der Waals surface area contributed by atoms with Crippen LogP contribution in [0.3, 0.4) is 0 Å². The first-order valence-corrected chi connectivity index (χ1v) is 5.32. The molecule has 0 bridgehead atoms. The van der Waals surface area contributed by atoms with Crippen molar-refractivity contribution < 1.29 is 4.79 Å². The first-order valence-electron chi connectivity index (χ1n) is 4.95. The Labute approximate surface area is 95.1 Å². The fourth-order valence-electron chi connectivity index (χ4n) is 1.21. The predicted molar refractivity (Wildman–Crippen MR) is 61.1 cm³/mol. The molecule has 4 heteroatoms. The molecule has 82 valence electrons. The van der Waals surface area contributed by atoms with Gasteiger partial charge in [-0.2, -0.15) is 0 Å². The van der Waals surface area contributed by atoms with E-state index in [1.54, 1.807) is 30.3 Å². The van der Waals surface area contributed by atoms with Crippen molar-refractivity contribution in [3.63, 3.8) is 0 Å². The molecule has 0 aromatic carbocycles. The van der Waals surface area contributed by atoms with Crippen molar-refractivity contribution in [1.82, 2.24) is 9.88 Å². The van der Waals surface area contributed by atoms with Crippen molar-refractivity contribution in [1.29, 1.82) is 0 Å². The highest BCUT2D eigenvalue weighted by atomic mass is 35.5. The number of hydrogen-bond acceptors (Lipinski definition) is 2. The van der Waals surface area contributed by atoms with Gasteiger partial charge < -0.3 is 4.90 Å². The Morgan fingerprint density at radius 2 is 2.33 bits per heavy atom. The largest absolute Gasteiger partial charge is 0.339 e. The van der Waals surface area contributed by atoms with Gasteiger partial charge in [-0.05, 0) is 25.5 Å². The van der Waals surface area contributed by atoms with E-state index in [1.807, 2.05) is 13.8 Å². The lowest BCUT2D eigenvalue weighted by atomic mass is 10.2. The summed E-state index contributed by atoms with van der Waals surface area (Å²) in [6, 6.07) is 3.49. The topological polar surface area (TPSA) is 33.2 Å². The second-order valence-corrected chi connectivity index (χ2v) is 3.93. The second-order valence-electron chi connectivity index (χ2n) is 3.54. The minimum absolute atomic E-state index is 0.0198. The first kappa shape index (κ1) is 12.0. The summed E-state index contributed by atoms with van der Waals surface area (Å²) in [5, 5.41) is 0.346. The molecule has 0 saturated carbocycles. The summed E-state index contributed by atoms with van der Waals surface area (Å²) in [5.74, 6) is -0.0198. The highest BCUT2D eigenvalue weighted by Crippen LogP contribution is 2.11. The lowest BCUT2D eigenvalue weighted by molar-refractivity contribution is 0.0740. The summed E-state index contributed by atoms with van der Waals surface area (Å²) in [6.07, 6.45) is 2.47. The molecular formula is C11H15ClN2O. The molecule has 1 unspecified atom stereocenters. The second kappa shape index (κ2) is 5.12. The average Bonchev–Trinajstić information content (AvgIpc) is 2.26. The van der Waals surface area contributed by atoms with E-state index in [2.05, 4.69) is 4.98 Å². The summed E-state index contributed by atoms with van der Waals surface area (Å²) < 4.78 is 0. The third kappa shape index (κ3) is 2.93. The van der Waals surface area contributed by atoms with Crippen LogP contribution in [-0.4, -0.2) is 28.9 Å². The third-order valence-electron chi connectivity index (χ3n) is 2.55. The lowest BCUT2D eigenvalue weighted by Crippen LogP contribution is -2.34. The molecule has 0 saturated heterocycles. The zero-order chi connectivity index (χ0) is 11.4. The zero-order valence-corrected chi connectivity index (χ0v) is 9.95. The molecule has 1 aromatic rings. The molecule has 0 spiro atoms. The van der Waals surface area contributed by atoms with Crippen LogP contribution in [0.25, 0.3) is 0 Å². The molecule has 0 aliphatic carbocycles. The molecular weight excluding hydrogens is 212 g/mol. The molecule has 0 aliphatic heterocycles. The van der Waals surface area contributed by atoms with Crippen molar-refractivity contribution in [2.75, 3.05) is 7.05 Å². The number of nitrogens with zero attached hydrogens (tertiary/aromatic N) is 2. The maximum atomic E-state index is 11.9. The molecule has 1 rings (SSSR count). The van der Waals surface area contributed by atoms with E-state index in [4.69, 9.17) is 11.6 Å². The van der Waals surface area contributed by atoms with E-state index in [9.17, 15) is 4.79 Å². The first-order chi connectivity index (χ1) is 7.06. The van der Waals surface area contributed by atoms with Crippen molar-refractivity contribution in [3.8, 4) is 0 Å². The van der Waals surface area contributed by atoms with E-state index >= 15 is 0 Å². The van der Waals surface area contributed by atoms with Crippen LogP contribution in [0.5, 0.6) is 0 Å². The summed E-state index contributed by atoms with van der Waals surface area (Å²) in [6.45, 7) is 4.06. The lowest BCUT2D eigenvalue weighted by Gasteiger charge is -2.23. The average molecular weight is 227 g/mol. The van der Waals surface area contributed by atoms with Gasteiger partial charge in [-0.3, -0.25) is 4.79 Å². The molecule has 15 heavy (non-hydrogen) atoms. The normalized spacial score (nSPS) is 12.3. The minimum atomic E-state index is -0.0198. The Bertz CT molecular complexity index is 354. The molecule has 0 N–H and O–H groups in total. The van der Waals surface area contributed by atoms with Crippen LogP contribution in [0.1, 0.15) is 30.6 Å². The number of carbonyl (C=O) groups is 1. The number of rotatable bonds is 3. The van der Waals surface area contributed by atoms with Crippen molar-refractivity contribution in [2.24, 2.45) is 0 Å². The summed E-state index contributed by atoms with van der Waals surface area (Å²) in [7, 11) is 1.80. The fourth-order valence-corrected chi connectivity index (χ4v) is 1.39. The molecule has 1 heterocycles. The van der Waals surface area contributed by atoms with Crippen LogP contribution in [0.2, 0.25) is 5.15 Å². The smallest absolute Gasteiger partial charge is 0.253 e. The fraction of sp³-hybridized carbons (Fsp3) is 0.455. The van der Waals surface area contributed by atoms with E-state index < -0.39 is 0 Å². The van der Waals surface area contributed by atoms with Crippen molar-refractivity contribution >= 4 is 17.5 Å². The third-order valence-corrected chi connectivity index (χ3v) is 2.75. The number of hydrogen-bond donors (Lipinski definition) is 0. The number of pyridine rings is 1. The van der Waals surface area contributed by atoms with E-state index in [0.29, 0.717) is 10.7 Å². The van der Waals surface area contributed by atoms with E-state index in [1.165, 1.54) is 0 Å². The molecule has 1 amide bonds. The summed E-state index contributed by atoms with van der Waals surface area (Å²) >= 11 is 5.73. The highest BCUT2D eigenvalue weighted by Gasteiger charge is 2.16. The van der Waals surface area contributed by atoms with Gasteiger partial charge in [0.05, 0.1) is 0 Å². The Morgan fingerprint density at radius 3 is 2.87 bits per heavy atom. The van der Waals surface area contributed by atoms with E-state index in [-0.39, 0.29) is 11.9 Å². The Morgan fingerprint density at radius 1 is 1.67 bits per heavy atom. The van der Waals surface area contributed by atoms with Gasteiger partial charge in [-0.25, -0.2) is 4.98 Å². The van der Waals surface area contributed by atoms with Gasteiger partial charge >= 0.3 is 0 Å². The Balaban J connectivity index is 2.85. The molecule has 3 nitrogen and oxygen atoms in total. The van der Waals surface area contributed by atoms with Gasteiger partial charge in [-0.1, -0.05) is 18.5 Å². The van der Waals surface area contributed by atoms with Crippen LogP contribution in [0.4, 0.5) is 0 Å². The van der Waals surface area contributed by atoms with Crippen LogP contribution in [0, 0.1) is 0 Å². The van der Waals surface area contributed by atoms with Crippen LogP contribution in [-0.2, 0) is 0 Å². The zero-order valence-electron chi connectivity index (χ0n) is 9.20. The van der Waals surface area contributed by atoms with Gasteiger partial charge in [0.1, 0.15) is 5.15 Å². The Kier molecular flexibility index (Phi) is 4.09. The number of halogens is 1. The standard InChI is InChI=1S/C11H15ClN2O/c1-4-8(2)14(3)11(15)9-5-6-13-10(12)7-9/h5-8H,4H2,1-3H3. The molecule has 0 radical (unpaired) electrons. The maximum absolute atomic E-state index is 11.9. The number of aromatic nitrogens is 1. The number of amides is 1. The van der Waals surface area contributed by atoms with Crippen LogP contribution < -0.4 is 0 Å². The molecule has 0 fully saturated rings. The molecule has 1 aromatic heterocycles. The van der Waals surface area contributed by atoms with Gasteiger partial charge in [0.2, 0.25) is 0 Å². The predicted octanol–water partition coefficient (Wildman–Crippen LogP) is 2.61. The molecule has 0 aliphatic rings. The van der Waals surface area contributed by atoms with Crippen LogP contribution in [0.15, 0.2) is 18.3 Å². The SMILES string of the molecule is CCC(C)N(C)C(=O)c1ccnc(Cl)c1. The van der Waals surface area contributed by atoms with Gasteiger partial charge in [0, 0.05) is 24.8 Å². The summed E-state index contributed by atoms with van der Waals surface area (Å²) in [4.78, 5) is 17.5. The summed E-state index contributed by atoms with van der Waals surface area (Å²) in [5.41, 5.74) is 0.581. The quantitative estimate of drug-likeness (QED) is 0.743. The van der Waals surface area contributed by atoms with Crippen molar-refractivity contribution in [3.05, 3.63) is 29.0 Å². The van der Waals surface area contributed by atoms with Gasteiger partial charge in [0.15, 0.2) is 0 Å². The van der Waals surface area contributed by atoms with Gasteiger partial charge in [-0.15, -0.1) is 0 Å². The molecule has 1 atom stereocenters. The minimum Gasteiger partial charge on any atom is -0.339 e. The maximum Gasteiger partial charge on any atom is 0.253 e. The number of carbonyl (C=O) groups excluding carboxylic acids is 1. The van der Waals surface area contributed by atoms with Crippen LogP contribution >= 0.6 is 11.6 Å². The Hall–Kier alpha value is -1.09.